The minimum absolute atomic E-state index is 0.231. The Balaban J connectivity index is 2.14. The molecule has 0 bridgehead atoms. The zero-order chi connectivity index (χ0) is 13.3. The van der Waals surface area contributed by atoms with Gasteiger partial charge in [0.05, 0.1) is 11.1 Å². The molecule has 6 heteroatoms. The Morgan fingerprint density at radius 3 is 2.06 bits per heavy atom. The van der Waals surface area contributed by atoms with Crippen LogP contribution in [0.5, 0.6) is 0 Å². The van der Waals surface area contributed by atoms with Crippen LogP contribution in [-0.2, 0) is 0 Å². The summed E-state index contributed by atoms with van der Waals surface area (Å²) in [6.45, 7) is -1.70. The van der Waals surface area contributed by atoms with Gasteiger partial charge >= 0.3 is 0 Å². The summed E-state index contributed by atoms with van der Waals surface area (Å²) < 4.78 is 25.8. The molecule has 0 fully saturated rings. The van der Waals surface area contributed by atoms with Gasteiger partial charge in [0.1, 0.15) is 6.61 Å². The van der Waals surface area contributed by atoms with Crippen LogP contribution in [0.3, 0.4) is 0 Å². The lowest BCUT2D eigenvalue weighted by Gasteiger charge is -2.18. The molecule has 0 aromatic heterocycles. The number of rotatable bonds is 4. The van der Waals surface area contributed by atoms with E-state index < -0.39 is 37.3 Å². The summed E-state index contributed by atoms with van der Waals surface area (Å²) in [5.74, 6) is -4.41. The summed E-state index contributed by atoms with van der Waals surface area (Å²) in [6, 6.07) is 6.19. The molecular formula is C12H11F2NO3. The molecule has 1 aromatic rings. The lowest BCUT2D eigenvalue weighted by Crippen LogP contribution is -2.35. The number of aliphatic hydroxyl groups is 1. The molecule has 2 amide bonds. The van der Waals surface area contributed by atoms with E-state index in [1.165, 1.54) is 12.1 Å². The number of hydrogen-bond donors (Lipinski definition) is 1. The second-order valence-electron chi connectivity index (χ2n) is 4.07. The average Bonchev–Trinajstić information content (AvgIpc) is 2.61. The van der Waals surface area contributed by atoms with E-state index in [0.717, 1.165) is 4.90 Å². The van der Waals surface area contributed by atoms with Crippen LogP contribution >= 0.6 is 0 Å². The van der Waals surface area contributed by atoms with Gasteiger partial charge in [-0.25, -0.2) is 8.78 Å². The summed E-state index contributed by atoms with van der Waals surface area (Å²) in [5.41, 5.74) is 0.463. The molecule has 1 aromatic carbocycles. The summed E-state index contributed by atoms with van der Waals surface area (Å²) in [7, 11) is 0. The fraction of sp³-hybridized carbons (Fsp3) is 0.333. The van der Waals surface area contributed by atoms with Crippen LogP contribution < -0.4 is 0 Å². The third-order valence-corrected chi connectivity index (χ3v) is 2.81. The van der Waals surface area contributed by atoms with Gasteiger partial charge in [0.2, 0.25) is 0 Å². The second kappa shape index (κ2) is 4.45. The van der Waals surface area contributed by atoms with Crippen molar-refractivity contribution in [3.8, 4) is 0 Å². The summed E-state index contributed by atoms with van der Waals surface area (Å²) in [6.07, 6.45) is -0.741. The van der Waals surface area contributed by atoms with Crippen molar-refractivity contribution in [3.63, 3.8) is 0 Å². The highest BCUT2D eigenvalue weighted by molar-refractivity contribution is 6.21. The summed E-state index contributed by atoms with van der Waals surface area (Å²) >= 11 is 0. The van der Waals surface area contributed by atoms with Crippen LogP contribution in [0.25, 0.3) is 0 Å². The number of imide groups is 1. The van der Waals surface area contributed by atoms with Gasteiger partial charge in [-0.2, -0.15) is 0 Å². The quantitative estimate of drug-likeness (QED) is 0.825. The number of carbonyl (C=O) groups is 2. The molecule has 2 rings (SSSR count). The molecule has 1 N–H and O–H groups in total. The fourth-order valence-corrected chi connectivity index (χ4v) is 1.80. The minimum atomic E-state index is -3.28. The Morgan fingerprint density at radius 1 is 1.11 bits per heavy atom. The van der Waals surface area contributed by atoms with E-state index in [-0.39, 0.29) is 11.1 Å². The van der Waals surface area contributed by atoms with E-state index >= 15 is 0 Å². The number of aliphatic hydroxyl groups excluding tert-OH is 1. The van der Waals surface area contributed by atoms with Crippen LogP contribution in [0.4, 0.5) is 8.78 Å². The largest absolute Gasteiger partial charge is 0.390 e. The first kappa shape index (κ1) is 12.6. The number of fused-ring (bicyclic) bond motifs is 1. The second-order valence-corrected chi connectivity index (χ2v) is 4.07. The summed E-state index contributed by atoms with van der Waals surface area (Å²) in [5, 5.41) is 8.43. The Hall–Kier alpha value is -1.82. The van der Waals surface area contributed by atoms with E-state index in [1.54, 1.807) is 12.1 Å². The van der Waals surface area contributed by atoms with Gasteiger partial charge in [-0.05, 0) is 12.1 Å². The molecular weight excluding hydrogens is 244 g/mol. The van der Waals surface area contributed by atoms with Gasteiger partial charge < -0.3 is 5.11 Å². The fourth-order valence-electron chi connectivity index (χ4n) is 1.80. The Kier molecular flexibility index (Phi) is 3.13. The Bertz CT molecular complexity index is 467. The van der Waals surface area contributed by atoms with Crippen molar-refractivity contribution < 1.29 is 23.5 Å². The number of benzene rings is 1. The maximum absolute atomic E-state index is 12.9. The molecule has 4 nitrogen and oxygen atoms in total. The first-order chi connectivity index (χ1) is 8.46. The van der Waals surface area contributed by atoms with Crippen molar-refractivity contribution >= 4 is 11.8 Å². The maximum atomic E-state index is 12.9. The molecule has 0 saturated carbocycles. The third-order valence-electron chi connectivity index (χ3n) is 2.81. The molecule has 96 valence electrons. The standard InChI is InChI=1S/C12H11F2NO3/c13-12(14,7-16)5-6-15-10(17)8-3-1-2-4-9(8)11(15)18/h1-4,16H,5-7H2. The van der Waals surface area contributed by atoms with Crippen molar-refractivity contribution in [2.75, 3.05) is 13.2 Å². The SMILES string of the molecule is O=C1c2ccccc2C(=O)N1CCC(F)(F)CO. The predicted molar refractivity (Wildman–Crippen MR) is 58.5 cm³/mol. The van der Waals surface area contributed by atoms with Gasteiger partial charge in [0, 0.05) is 13.0 Å². The highest BCUT2D eigenvalue weighted by atomic mass is 19.3. The zero-order valence-corrected chi connectivity index (χ0v) is 9.40. The van der Waals surface area contributed by atoms with E-state index in [4.69, 9.17) is 5.11 Å². The van der Waals surface area contributed by atoms with Gasteiger partial charge in [0.25, 0.3) is 17.7 Å². The van der Waals surface area contributed by atoms with E-state index in [9.17, 15) is 18.4 Å². The Labute approximate surface area is 102 Å². The molecule has 0 spiro atoms. The zero-order valence-electron chi connectivity index (χ0n) is 9.40. The molecule has 1 heterocycles. The molecule has 0 unspecified atom stereocenters. The van der Waals surface area contributed by atoms with Crippen LogP contribution in [0, 0.1) is 0 Å². The number of amides is 2. The minimum Gasteiger partial charge on any atom is -0.390 e. The van der Waals surface area contributed by atoms with Crippen LogP contribution in [0.15, 0.2) is 24.3 Å². The number of nitrogens with zero attached hydrogens (tertiary/aromatic N) is 1. The van der Waals surface area contributed by atoms with Crippen LogP contribution in [0.2, 0.25) is 0 Å². The van der Waals surface area contributed by atoms with Crippen LogP contribution in [0.1, 0.15) is 27.1 Å². The number of alkyl halides is 2. The van der Waals surface area contributed by atoms with E-state index in [0.29, 0.717) is 0 Å². The third kappa shape index (κ3) is 2.11. The molecule has 0 radical (unpaired) electrons. The molecule has 0 aliphatic carbocycles. The summed E-state index contributed by atoms with van der Waals surface area (Å²) in [4.78, 5) is 24.4. The number of halogens is 2. The average molecular weight is 255 g/mol. The maximum Gasteiger partial charge on any atom is 0.272 e. The first-order valence-corrected chi connectivity index (χ1v) is 5.40. The van der Waals surface area contributed by atoms with Gasteiger partial charge in [0.15, 0.2) is 0 Å². The number of carbonyl (C=O) groups excluding carboxylic acids is 2. The lowest BCUT2D eigenvalue weighted by molar-refractivity contribution is -0.0588. The Morgan fingerprint density at radius 2 is 1.61 bits per heavy atom. The highest BCUT2D eigenvalue weighted by Gasteiger charge is 2.37. The molecule has 18 heavy (non-hydrogen) atoms. The smallest absolute Gasteiger partial charge is 0.272 e. The molecule has 0 saturated heterocycles. The normalized spacial score (nSPS) is 15.2. The lowest BCUT2D eigenvalue weighted by atomic mass is 10.1. The topological polar surface area (TPSA) is 57.6 Å². The van der Waals surface area contributed by atoms with Crippen molar-refractivity contribution in [2.24, 2.45) is 0 Å². The number of hydrogen-bond acceptors (Lipinski definition) is 3. The predicted octanol–water partition coefficient (Wildman–Crippen LogP) is 1.30. The first-order valence-electron chi connectivity index (χ1n) is 5.40. The molecule has 1 aliphatic rings. The van der Waals surface area contributed by atoms with Gasteiger partial charge in [-0.15, -0.1) is 0 Å². The van der Waals surface area contributed by atoms with Gasteiger partial charge in [-0.1, -0.05) is 12.1 Å². The highest BCUT2D eigenvalue weighted by Crippen LogP contribution is 2.25. The van der Waals surface area contributed by atoms with Crippen molar-refractivity contribution in [2.45, 2.75) is 12.3 Å². The van der Waals surface area contributed by atoms with Crippen molar-refractivity contribution in [1.29, 1.82) is 0 Å². The van der Waals surface area contributed by atoms with Gasteiger partial charge in [-0.3, -0.25) is 14.5 Å². The van der Waals surface area contributed by atoms with Crippen LogP contribution in [-0.4, -0.2) is 40.9 Å². The molecule has 1 aliphatic heterocycles. The van der Waals surface area contributed by atoms with E-state index in [1.807, 2.05) is 0 Å². The van der Waals surface area contributed by atoms with E-state index in [2.05, 4.69) is 0 Å². The van der Waals surface area contributed by atoms with Crippen molar-refractivity contribution in [1.82, 2.24) is 4.90 Å². The van der Waals surface area contributed by atoms with Crippen molar-refractivity contribution in [3.05, 3.63) is 35.4 Å². The monoisotopic (exact) mass is 255 g/mol. The molecule has 0 atom stereocenters.